The van der Waals surface area contributed by atoms with Gasteiger partial charge < -0.3 is 4.90 Å². The van der Waals surface area contributed by atoms with Gasteiger partial charge in [-0.05, 0) is 13.8 Å². The minimum absolute atomic E-state index is 0.0864. The number of carbonyl (C=O) groups excluding carboxylic acids is 1. The van der Waals surface area contributed by atoms with Crippen molar-refractivity contribution in [3.8, 4) is 0 Å². The summed E-state index contributed by atoms with van der Waals surface area (Å²) < 4.78 is 1.44. The van der Waals surface area contributed by atoms with Crippen LogP contribution in [0.3, 0.4) is 0 Å². The second kappa shape index (κ2) is 3.62. The standard InChI is InChI=1S/C10H13N3O3/c1-6(2)12-3-4-13-7(10(12)16)5-8(14)9(15)11-13/h5-6H,3-4H2,1-2H3,(H,11,15). The number of nitrogens with one attached hydrogen (secondary N) is 1. The zero-order chi connectivity index (χ0) is 11.9. The highest BCUT2D eigenvalue weighted by Crippen LogP contribution is 2.11. The predicted octanol–water partition coefficient (Wildman–Crippen LogP) is -0.599. The van der Waals surface area contributed by atoms with E-state index in [-0.39, 0.29) is 17.6 Å². The third-order valence-corrected chi connectivity index (χ3v) is 2.69. The van der Waals surface area contributed by atoms with Crippen LogP contribution in [0.25, 0.3) is 0 Å². The van der Waals surface area contributed by atoms with Gasteiger partial charge in [-0.2, -0.15) is 0 Å². The lowest BCUT2D eigenvalue weighted by Crippen LogP contribution is -2.47. The number of H-pyrrole nitrogens is 1. The van der Waals surface area contributed by atoms with E-state index in [2.05, 4.69) is 5.10 Å². The molecule has 1 aromatic rings. The molecule has 0 aliphatic carbocycles. The SMILES string of the molecule is CC(C)N1CCn2[nH]c(=O)c(=O)cc2C1=O. The molecule has 1 aliphatic heterocycles. The van der Waals surface area contributed by atoms with Gasteiger partial charge >= 0.3 is 5.56 Å². The first-order valence-corrected chi connectivity index (χ1v) is 5.16. The summed E-state index contributed by atoms with van der Waals surface area (Å²) in [7, 11) is 0. The molecule has 0 unspecified atom stereocenters. The molecular weight excluding hydrogens is 210 g/mol. The molecule has 0 bridgehead atoms. The number of rotatable bonds is 1. The van der Waals surface area contributed by atoms with E-state index in [1.165, 1.54) is 4.68 Å². The number of aromatic amines is 1. The van der Waals surface area contributed by atoms with E-state index in [0.29, 0.717) is 13.1 Å². The predicted molar refractivity (Wildman–Crippen MR) is 57.5 cm³/mol. The first kappa shape index (κ1) is 10.7. The van der Waals surface area contributed by atoms with Crippen molar-refractivity contribution < 1.29 is 4.79 Å². The van der Waals surface area contributed by atoms with Crippen LogP contribution in [-0.4, -0.2) is 33.2 Å². The van der Waals surface area contributed by atoms with E-state index < -0.39 is 11.0 Å². The summed E-state index contributed by atoms with van der Waals surface area (Å²) in [6.45, 7) is 4.88. The largest absolute Gasteiger partial charge is 0.333 e. The number of amides is 1. The van der Waals surface area contributed by atoms with E-state index in [9.17, 15) is 14.4 Å². The van der Waals surface area contributed by atoms with Crippen LogP contribution < -0.4 is 11.0 Å². The Kier molecular flexibility index (Phi) is 2.41. The van der Waals surface area contributed by atoms with Crippen LogP contribution in [0.4, 0.5) is 0 Å². The lowest BCUT2D eigenvalue weighted by atomic mass is 10.2. The van der Waals surface area contributed by atoms with Crippen molar-refractivity contribution in [2.75, 3.05) is 6.54 Å². The molecule has 0 radical (unpaired) electrons. The quantitative estimate of drug-likeness (QED) is 0.646. The second-order valence-electron chi connectivity index (χ2n) is 4.08. The monoisotopic (exact) mass is 223 g/mol. The Morgan fingerprint density at radius 3 is 2.56 bits per heavy atom. The Balaban J connectivity index is 2.53. The summed E-state index contributed by atoms with van der Waals surface area (Å²) in [4.78, 5) is 35.9. The highest BCUT2D eigenvalue weighted by molar-refractivity contribution is 5.93. The Morgan fingerprint density at radius 1 is 1.25 bits per heavy atom. The van der Waals surface area contributed by atoms with E-state index in [1.54, 1.807) is 4.90 Å². The molecular formula is C10H13N3O3. The van der Waals surface area contributed by atoms with Crippen LogP contribution in [0.15, 0.2) is 15.7 Å². The van der Waals surface area contributed by atoms with Crippen molar-refractivity contribution >= 4 is 5.91 Å². The molecule has 6 heteroatoms. The van der Waals surface area contributed by atoms with E-state index in [4.69, 9.17) is 0 Å². The van der Waals surface area contributed by atoms with Gasteiger partial charge in [0.05, 0.1) is 6.54 Å². The molecule has 1 aliphatic rings. The molecule has 16 heavy (non-hydrogen) atoms. The molecule has 0 atom stereocenters. The number of hydrogen-bond acceptors (Lipinski definition) is 3. The van der Waals surface area contributed by atoms with Crippen molar-refractivity contribution in [1.29, 1.82) is 0 Å². The first-order valence-electron chi connectivity index (χ1n) is 5.16. The number of hydrogen-bond donors (Lipinski definition) is 1. The number of fused-ring (bicyclic) bond motifs is 1. The van der Waals surface area contributed by atoms with Crippen LogP contribution >= 0.6 is 0 Å². The maximum atomic E-state index is 12.0. The van der Waals surface area contributed by atoms with Crippen molar-refractivity contribution in [3.05, 3.63) is 32.3 Å². The summed E-state index contributed by atoms with van der Waals surface area (Å²) in [5.41, 5.74) is -1.11. The fraction of sp³-hybridized carbons (Fsp3) is 0.500. The fourth-order valence-electron chi connectivity index (χ4n) is 1.81. The number of nitrogens with zero attached hydrogens (tertiary/aromatic N) is 2. The molecule has 0 aromatic carbocycles. The highest BCUT2D eigenvalue weighted by Gasteiger charge is 2.26. The Labute approximate surface area is 91.5 Å². The summed E-state index contributed by atoms with van der Waals surface area (Å²) in [5, 5.41) is 2.39. The molecule has 1 N–H and O–H groups in total. The van der Waals surface area contributed by atoms with Crippen molar-refractivity contribution in [3.63, 3.8) is 0 Å². The normalized spacial score (nSPS) is 15.4. The van der Waals surface area contributed by atoms with Crippen molar-refractivity contribution in [2.45, 2.75) is 26.4 Å². The number of carbonyl (C=O) groups is 1. The van der Waals surface area contributed by atoms with Gasteiger partial charge in [-0.1, -0.05) is 0 Å². The molecule has 1 amide bonds. The van der Waals surface area contributed by atoms with E-state index in [1.807, 2.05) is 13.8 Å². The summed E-state index contributed by atoms with van der Waals surface area (Å²) >= 11 is 0. The van der Waals surface area contributed by atoms with Crippen LogP contribution in [0, 0.1) is 0 Å². The molecule has 2 heterocycles. The van der Waals surface area contributed by atoms with Crippen molar-refractivity contribution in [2.24, 2.45) is 0 Å². The lowest BCUT2D eigenvalue weighted by Gasteiger charge is -2.32. The summed E-state index contributed by atoms with van der Waals surface area (Å²) in [6, 6.07) is 1.19. The van der Waals surface area contributed by atoms with Gasteiger partial charge in [0.25, 0.3) is 5.91 Å². The molecule has 1 aromatic heterocycles. The van der Waals surface area contributed by atoms with Gasteiger partial charge in [0.1, 0.15) is 5.69 Å². The zero-order valence-corrected chi connectivity index (χ0v) is 9.19. The third kappa shape index (κ3) is 1.56. The van der Waals surface area contributed by atoms with Crippen molar-refractivity contribution in [1.82, 2.24) is 14.7 Å². The summed E-state index contributed by atoms with van der Waals surface area (Å²) in [6.07, 6.45) is 0. The molecule has 6 nitrogen and oxygen atoms in total. The Hall–Kier alpha value is -1.85. The van der Waals surface area contributed by atoms with Crippen LogP contribution in [-0.2, 0) is 6.54 Å². The molecule has 0 fully saturated rings. The Bertz CT molecular complexity index is 541. The van der Waals surface area contributed by atoms with Gasteiger partial charge in [0.2, 0.25) is 5.43 Å². The minimum Gasteiger partial charge on any atom is -0.333 e. The summed E-state index contributed by atoms with van der Waals surface area (Å²) in [5.74, 6) is -0.213. The van der Waals surface area contributed by atoms with Crippen LogP contribution in [0.5, 0.6) is 0 Å². The first-order chi connectivity index (χ1) is 7.50. The molecule has 86 valence electrons. The molecule has 0 saturated heterocycles. The highest BCUT2D eigenvalue weighted by atomic mass is 16.2. The average molecular weight is 223 g/mol. The Morgan fingerprint density at radius 2 is 1.94 bits per heavy atom. The minimum atomic E-state index is -0.686. The zero-order valence-electron chi connectivity index (χ0n) is 9.19. The molecule has 2 rings (SSSR count). The van der Waals surface area contributed by atoms with Gasteiger partial charge in [-0.25, -0.2) is 0 Å². The molecule has 0 spiro atoms. The third-order valence-electron chi connectivity index (χ3n) is 2.69. The lowest BCUT2D eigenvalue weighted by molar-refractivity contribution is 0.0636. The van der Waals surface area contributed by atoms with E-state index in [0.717, 1.165) is 6.07 Å². The van der Waals surface area contributed by atoms with Crippen LogP contribution in [0.1, 0.15) is 24.3 Å². The fourth-order valence-corrected chi connectivity index (χ4v) is 1.81. The van der Waals surface area contributed by atoms with Crippen LogP contribution in [0.2, 0.25) is 0 Å². The topological polar surface area (TPSA) is 75.2 Å². The molecule has 0 saturated carbocycles. The smallest absolute Gasteiger partial charge is 0.310 e. The van der Waals surface area contributed by atoms with Gasteiger partial charge in [0.15, 0.2) is 0 Å². The second-order valence-corrected chi connectivity index (χ2v) is 4.08. The maximum Gasteiger partial charge on any atom is 0.310 e. The average Bonchev–Trinajstić information content (AvgIpc) is 2.21. The van der Waals surface area contributed by atoms with E-state index >= 15 is 0 Å². The van der Waals surface area contributed by atoms with Gasteiger partial charge in [-0.3, -0.25) is 24.2 Å². The van der Waals surface area contributed by atoms with Gasteiger partial charge in [0, 0.05) is 18.7 Å². The van der Waals surface area contributed by atoms with Gasteiger partial charge in [-0.15, -0.1) is 0 Å². The number of aromatic nitrogens is 2. The maximum absolute atomic E-state index is 12.0.